The molecule has 28 heavy (non-hydrogen) atoms. The van der Waals surface area contributed by atoms with Crippen LogP contribution in [0.5, 0.6) is 0 Å². The molecule has 4 rings (SSSR count). The van der Waals surface area contributed by atoms with Crippen molar-refractivity contribution in [3.05, 3.63) is 36.4 Å². The van der Waals surface area contributed by atoms with E-state index in [-0.39, 0.29) is 5.91 Å². The summed E-state index contributed by atoms with van der Waals surface area (Å²) in [5.74, 6) is 2.75. The molecular weight excluding hydrogens is 350 g/mol. The minimum absolute atomic E-state index is 0.145. The number of carbonyl (C=O) groups is 1. The van der Waals surface area contributed by atoms with Gasteiger partial charge in [-0.3, -0.25) is 4.79 Å². The van der Waals surface area contributed by atoms with Crippen molar-refractivity contribution in [1.29, 1.82) is 0 Å². The summed E-state index contributed by atoms with van der Waals surface area (Å²) in [4.78, 5) is 25.5. The largest absolute Gasteiger partial charge is 0.367 e. The van der Waals surface area contributed by atoms with Crippen LogP contribution < -0.4 is 10.2 Å². The number of carbonyl (C=O) groups excluding carboxylic acids is 1. The molecule has 1 saturated heterocycles. The molecule has 1 aromatic carbocycles. The van der Waals surface area contributed by atoms with E-state index in [4.69, 9.17) is 9.97 Å². The van der Waals surface area contributed by atoms with E-state index in [0.29, 0.717) is 6.04 Å². The number of hydrogen-bond acceptors (Lipinski definition) is 5. The molecule has 1 aliphatic carbocycles. The molecule has 1 aromatic heterocycles. The average molecular weight is 380 g/mol. The number of amides is 1. The molecule has 0 unspecified atom stereocenters. The molecule has 0 radical (unpaired) electrons. The summed E-state index contributed by atoms with van der Waals surface area (Å²) >= 11 is 0. The Morgan fingerprint density at radius 1 is 1.00 bits per heavy atom. The molecule has 0 atom stereocenters. The molecule has 1 aliphatic heterocycles. The summed E-state index contributed by atoms with van der Waals surface area (Å²) in [6.45, 7) is 4.72. The highest BCUT2D eigenvalue weighted by molar-refractivity contribution is 5.73. The summed E-state index contributed by atoms with van der Waals surface area (Å²) in [5, 5.41) is 3.66. The fourth-order valence-electron chi connectivity index (χ4n) is 4.09. The van der Waals surface area contributed by atoms with Gasteiger partial charge in [-0.05, 0) is 12.8 Å². The first-order chi connectivity index (χ1) is 13.7. The lowest BCUT2D eigenvalue weighted by molar-refractivity contribution is -0.129. The number of benzene rings is 1. The van der Waals surface area contributed by atoms with Crippen molar-refractivity contribution >= 4 is 17.5 Å². The third kappa shape index (κ3) is 4.43. The molecule has 1 N–H and O–H groups in total. The van der Waals surface area contributed by atoms with Gasteiger partial charge in [0, 0.05) is 50.8 Å². The Labute approximate surface area is 167 Å². The van der Waals surface area contributed by atoms with Crippen LogP contribution in [-0.4, -0.2) is 53.0 Å². The Morgan fingerprint density at radius 2 is 1.71 bits per heavy atom. The van der Waals surface area contributed by atoms with Gasteiger partial charge in [-0.25, -0.2) is 9.97 Å². The van der Waals surface area contributed by atoms with Gasteiger partial charge in [0.1, 0.15) is 11.6 Å². The predicted octanol–water partition coefficient (Wildman–Crippen LogP) is 3.56. The van der Waals surface area contributed by atoms with Crippen LogP contribution in [0.1, 0.15) is 39.0 Å². The van der Waals surface area contributed by atoms with Crippen LogP contribution in [0.15, 0.2) is 36.4 Å². The van der Waals surface area contributed by atoms with Crippen molar-refractivity contribution in [2.24, 2.45) is 0 Å². The fraction of sp³-hybridized carbons (Fsp3) is 0.500. The second-order valence-corrected chi connectivity index (χ2v) is 7.77. The van der Waals surface area contributed by atoms with Crippen LogP contribution in [-0.2, 0) is 4.79 Å². The lowest BCUT2D eigenvalue weighted by atomic mass is 9.95. The number of aromatic nitrogens is 2. The average Bonchev–Trinajstić information content (AvgIpc) is 2.75. The van der Waals surface area contributed by atoms with Gasteiger partial charge >= 0.3 is 0 Å². The Hall–Kier alpha value is -2.63. The molecule has 2 aliphatic rings. The van der Waals surface area contributed by atoms with E-state index in [1.165, 1.54) is 32.1 Å². The van der Waals surface area contributed by atoms with Crippen molar-refractivity contribution in [3.63, 3.8) is 0 Å². The molecule has 148 valence electrons. The van der Waals surface area contributed by atoms with Gasteiger partial charge in [0.15, 0.2) is 5.82 Å². The van der Waals surface area contributed by atoms with E-state index in [2.05, 4.69) is 28.4 Å². The highest BCUT2D eigenvalue weighted by atomic mass is 16.2. The Kier molecular flexibility index (Phi) is 5.74. The van der Waals surface area contributed by atoms with Crippen LogP contribution >= 0.6 is 0 Å². The zero-order valence-corrected chi connectivity index (χ0v) is 16.6. The topological polar surface area (TPSA) is 61.4 Å². The van der Waals surface area contributed by atoms with Crippen LogP contribution in [0.25, 0.3) is 11.4 Å². The summed E-state index contributed by atoms with van der Waals surface area (Å²) in [6.07, 6.45) is 6.32. The van der Waals surface area contributed by atoms with Gasteiger partial charge in [-0.2, -0.15) is 0 Å². The standard InChI is InChI=1S/C22H29N5O/c1-17(28)26-12-14-27(15-13-26)21-16-20(23-19-10-6-3-7-11-19)24-22(25-21)18-8-4-2-5-9-18/h2,4-5,8-9,16,19H,3,6-7,10-15H2,1H3,(H,23,24,25). The third-order valence-corrected chi connectivity index (χ3v) is 5.75. The number of rotatable bonds is 4. The van der Waals surface area contributed by atoms with Crippen molar-refractivity contribution in [3.8, 4) is 11.4 Å². The first-order valence-electron chi connectivity index (χ1n) is 10.4. The number of piperazine rings is 1. The van der Waals surface area contributed by atoms with E-state index < -0.39 is 0 Å². The molecule has 6 nitrogen and oxygen atoms in total. The second-order valence-electron chi connectivity index (χ2n) is 7.77. The Morgan fingerprint density at radius 3 is 2.39 bits per heavy atom. The lowest BCUT2D eigenvalue weighted by Gasteiger charge is -2.35. The van der Waals surface area contributed by atoms with Crippen molar-refractivity contribution in [1.82, 2.24) is 14.9 Å². The summed E-state index contributed by atoms with van der Waals surface area (Å²) in [6, 6.07) is 12.7. The van der Waals surface area contributed by atoms with Crippen molar-refractivity contribution in [2.45, 2.75) is 45.1 Å². The van der Waals surface area contributed by atoms with Crippen LogP contribution in [0.3, 0.4) is 0 Å². The Balaban J connectivity index is 1.59. The van der Waals surface area contributed by atoms with Gasteiger partial charge in [0.25, 0.3) is 0 Å². The molecule has 6 heteroatoms. The fourth-order valence-corrected chi connectivity index (χ4v) is 4.09. The molecule has 2 aromatic rings. The normalized spacial score (nSPS) is 18.2. The van der Waals surface area contributed by atoms with E-state index in [0.717, 1.165) is 49.2 Å². The number of hydrogen-bond donors (Lipinski definition) is 1. The summed E-state index contributed by atoms with van der Waals surface area (Å²) < 4.78 is 0. The van der Waals surface area contributed by atoms with Crippen LogP contribution in [0.4, 0.5) is 11.6 Å². The van der Waals surface area contributed by atoms with Gasteiger partial charge in [0.05, 0.1) is 0 Å². The van der Waals surface area contributed by atoms with E-state index in [9.17, 15) is 4.79 Å². The molecule has 0 spiro atoms. The maximum absolute atomic E-state index is 11.6. The number of nitrogens with one attached hydrogen (secondary N) is 1. The molecule has 2 fully saturated rings. The number of nitrogens with zero attached hydrogens (tertiary/aromatic N) is 4. The Bertz CT molecular complexity index is 796. The summed E-state index contributed by atoms with van der Waals surface area (Å²) in [5.41, 5.74) is 1.03. The molecule has 2 heterocycles. The second kappa shape index (κ2) is 8.59. The highest BCUT2D eigenvalue weighted by Gasteiger charge is 2.22. The summed E-state index contributed by atoms with van der Waals surface area (Å²) in [7, 11) is 0. The maximum Gasteiger partial charge on any atom is 0.219 e. The quantitative estimate of drug-likeness (QED) is 0.880. The maximum atomic E-state index is 11.6. The van der Waals surface area contributed by atoms with Crippen molar-refractivity contribution < 1.29 is 4.79 Å². The lowest BCUT2D eigenvalue weighted by Crippen LogP contribution is -2.48. The van der Waals surface area contributed by atoms with E-state index >= 15 is 0 Å². The minimum Gasteiger partial charge on any atom is -0.367 e. The molecule has 1 saturated carbocycles. The van der Waals surface area contributed by atoms with Crippen LogP contribution in [0.2, 0.25) is 0 Å². The monoisotopic (exact) mass is 379 g/mol. The van der Waals surface area contributed by atoms with Gasteiger partial charge in [0.2, 0.25) is 5.91 Å². The zero-order valence-electron chi connectivity index (χ0n) is 16.6. The zero-order chi connectivity index (χ0) is 19.3. The molecular formula is C22H29N5O. The van der Waals surface area contributed by atoms with Gasteiger partial charge in [-0.1, -0.05) is 49.6 Å². The highest BCUT2D eigenvalue weighted by Crippen LogP contribution is 2.26. The molecule has 0 bridgehead atoms. The first kappa shape index (κ1) is 18.7. The third-order valence-electron chi connectivity index (χ3n) is 5.75. The molecule has 1 amide bonds. The predicted molar refractivity (Wildman–Crippen MR) is 112 cm³/mol. The van der Waals surface area contributed by atoms with Crippen molar-refractivity contribution in [2.75, 3.05) is 36.4 Å². The van der Waals surface area contributed by atoms with Crippen LogP contribution in [0, 0.1) is 0 Å². The SMILES string of the molecule is CC(=O)N1CCN(c2cc(NC3CCCCC3)nc(-c3ccccc3)n2)CC1. The van der Waals surface area contributed by atoms with E-state index in [1.54, 1.807) is 6.92 Å². The first-order valence-corrected chi connectivity index (χ1v) is 10.4. The minimum atomic E-state index is 0.145. The smallest absolute Gasteiger partial charge is 0.219 e. The van der Waals surface area contributed by atoms with Gasteiger partial charge in [-0.15, -0.1) is 0 Å². The van der Waals surface area contributed by atoms with Gasteiger partial charge < -0.3 is 15.1 Å². The number of anilines is 2. The van der Waals surface area contributed by atoms with E-state index in [1.807, 2.05) is 23.1 Å².